The first-order chi connectivity index (χ1) is 5.53. The minimum atomic E-state index is 0.323. The first-order valence-corrected chi connectivity index (χ1v) is 5.04. The highest BCUT2D eigenvalue weighted by Crippen LogP contribution is 2.26. The Morgan fingerprint density at radius 2 is 2.17 bits per heavy atom. The zero-order chi connectivity index (χ0) is 9.19. The van der Waals surface area contributed by atoms with Gasteiger partial charge in [0.15, 0.2) is 0 Å². The van der Waals surface area contributed by atoms with Crippen LogP contribution in [0, 0.1) is 5.92 Å². The number of nitrogens with one attached hydrogen (secondary N) is 1. The molecule has 3 atom stereocenters. The van der Waals surface area contributed by atoms with Crippen LogP contribution in [0.25, 0.3) is 0 Å². The SMILES string of the molecule is CC(N)C(C)CC1(C)CCCN1. The number of hydrogen-bond acceptors (Lipinski definition) is 2. The van der Waals surface area contributed by atoms with Crippen LogP contribution in [0.3, 0.4) is 0 Å². The third-order valence-electron chi connectivity index (χ3n) is 3.13. The predicted octanol–water partition coefficient (Wildman–Crippen LogP) is 1.50. The molecule has 72 valence electrons. The lowest BCUT2D eigenvalue weighted by atomic mass is 9.86. The molecule has 0 amide bonds. The fourth-order valence-corrected chi connectivity index (χ4v) is 2.03. The normalized spacial score (nSPS) is 35.0. The molecule has 2 nitrogen and oxygen atoms in total. The summed E-state index contributed by atoms with van der Waals surface area (Å²) in [4.78, 5) is 0. The van der Waals surface area contributed by atoms with Gasteiger partial charge in [0.25, 0.3) is 0 Å². The molecular weight excluding hydrogens is 148 g/mol. The van der Waals surface area contributed by atoms with Crippen molar-refractivity contribution in [2.24, 2.45) is 11.7 Å². The van der Waals surface area contributed by atoms with E-state index in [0.717, 1.165) is 0 Å². The summed E-state index contributed by atoms with van der Waals surface area (Å²) in [6.45, 7) is 7.85. The van der Waals surface area contributed by atoms with Gasteiger partial charge in [-0.15, -0.1) is 0 Å². The second-order valence-corrected chi connectivity index (χ2v) is 4.63. The number of rotatable bonds is 3. The van der Waals surface area contributed by atoms with Gasteiger partial charge in [-0.05, 0) is 45.6 Å². The Balaban J connectivity index is 2.38. The monoisotopic (exact) mass is 170 g/mol. The second-order valence-electron chi connectivity index (χ2n) is 4.63. The zero-order valence-electron chi connectivity index (χ0n) is 8.56. The molecule has 1 rings (SSSR count). The van der Waals surface area contributed by atoms with Crippen LogP contribution >= 0.6 is 0 Å². The Labute approximate surface area is 75.9 Å². The van der Waals surface area contributed by atoms with Gasteiger partial charge in [0, 0.05) is 11.6 Å². The van der Waals surface area contributed by atoms with Crippen molar-refractivity contribution in [3.05, 3.63) is 0 Å². The van der Waals surface area contributed by atoms with Crippen LogP contribution < -0.4 is 11.1 Å². The van der Waals surface area contributed by atoms with E-state index >= 15 is 0 Å². The molecule has 0 aliphatic carbocycles. The van der Waals surface area contributed by atoms with Gasteiger partial charge in [0.05, 0.1) is 0 Å². The van der Waals surface area contributed by atoms with E-state index in [1.54, 1.807) is 0 Å². The summed E-state index contributed by atoms with van der Waals surface area (Å²) in [7, 11) is 0. The molecule has 0 aromatic rings. The van der Waals surface area contributed by atoms with Crippen molar-refractivity contribution in [2.75, 3.05) is 6.54 Å². The molecule has 1 saturated heterocycles. The van der Waals surface area contributed by atoms with Crippen LogP contribution in [0.2, 0.25) is 0 Å². The summed E-state index contributed by atoms with van der Waals surface area (Å²) < 4.78 is 0. The van der Waals surface area contributed by atoms with Gasteiger partial charge >= 0.3 is 0 Å². The molecule has 1 heterocycles. The predicted molar refractivity (Wildman–Crippen MR) is 53.1 cm³/mol. The Morgan fingerprint density at radius 1 is 1.50 bits per heavy atom. The summed E-state index contributed by atoms with van der Waals surface area (Å²) in [6, 6.07) is 0.323. The average Bonchev–Trinajstić information content (AvgIpc) is 2.35. The Bertz CT molecular complexity index is 137. The van der Waals surface area contributed by atoms with Gasteiger partial charge in [0.1, 0.15) is 0 Å². The van der Waals surface area contributed by atoms with E-state index < -0.39 is 0 Å². The lowest BCUT2D eigenvalue weighted by Crippen LogP contribution is -2.40. The smallest absolute Gasteiger partial charge is 0.0156 e. The molecule has 3 N–H and O–H groups in total. The van der Waals surface area contributed by atoms with Gasteiger partial charge in [-0.25, -0.2) is 0 Å². The molecule has 3 unspecified atom stereocenters. The van der Waals surface area contributed by atoms with Crippen LogP contribution in [0.5, 0.6) is 0 Å². The van der Waals surface area contributed by atoms with Crippen molar-refractivity contribution in [1.82, 2.24) is 5.32 Å². The van der Waals surface area contributed by atoms with E-state index in [0.29, 0.717) is 17.5 Å². The van der Waals surface area contributed by atoms with Gasteiger partial charge in [-0.3, -0.25) is 0 Å². The highest BCUT2D eigenvalue weighted by atomic mass is 15.0. The van der Waals surface area contributed by atoms with Crippen LogP contribution in [-0.4, -0.2) is 18.1 Å². The Morgan fingerprint density at radius 3 is 2.58 bits per heavy atom. The maximum atomic E-state index is 5.85. The van der Waals surface area contributed by atoms with E-state index in [1.165, 1.54) is 25.8 Å². The third kappa shape index (κ3) is 2.46. The van der Waals surface area contributed by atoms with Gasteiger partial charge in [0.2, 0.25) is 0 Å². The van der Waals surface area contributed by atoms with Crippen molar-refractivity contribution >= 4 is 0 Å². The molecule has 0 spiro atoms. The van der Waals surface area contributed by atoms with Crippen LogP contribution in [0.1, 0.15) is 40.0 Å². The van der Waals surface area contributed by atoms with Gasteiger partial charge < -0.3 is 11.1 Å². The first-order valence-electron chi connectivity index (χ1n) is 5.04. The summed E-state index contributed by atoms with van der Waals surface area (Å²) in [5.74, 6) is 0.626. The minimum Gasteiger partial charge on any atom is -0.328 e. The molecule has 0 bridgehead atoms. The maximum absolute atomic E-state index is 5.85. The van der Waals surface area contributed by atoms with Crippen LogP contribution in [0.4, 0.5) is 0 Å². The summed E-state index contributed by atoms with van der Waals surface area (Å²) in [6.07, 6.45) is 3.84. The summed E-state index contributed by atoms with van der Waals surface area (Å²) >= 11 is 0. The standard InChI is InChI=1S/C10H22N2/c1-8(9(2)11)7-10(3)5-4-6-12-10/h8-9,12H,4-7,11H2,1-3H3. The summed E-state index contributed by atoms with van der Waals surface area (Å²) in [5.41, 5.74) is 6.21. The van der Waals surface area contributed by atoms with Crippen LogP contribution in [0.15, 0.2) is 0 Å². The van der Waals surface area contributed by atoms with Crippen molar-refractivity contribution in [3.63, 3.8) is 0 Å². The number of nitrogens with two attached hydrogens (primary N) is 1. The van der Waals surface area contributed by atoms with Crippen LogP contribution in [-0.2, 0) is 0 Å². The average molecular weight is 170 g/mol. The Hall–Kier alpha value is -0.0800. The lowest BCUT2D eigenvalue weighted by Gasteiger charge is -2.29. The van der Waals surface area contributed by atoms with Crippen molar-refractivity contribution in [1.29, 1.82) is 0 Å². The fourth-order valence-electron chi connectivity index (χ4n) is 2.03. The van der Waals surface area contributed by atoms with E-state index in [9.17, 15) is 0 Å². The molecule has 12 heavy (non-hydrogen) atoms. The van der Waals surface area contributed by atoms with Gasteiger partial charge in [-0.1, -0.05) is 6.92 Å². The molecule has 0 aromatic carbocycles. The largest absolute Gasteiger partial charge is 0.328 e. The quantitative estimate of drug-likeness (QED) is 0.673. The second kappa shape index (κ2) is 3.75. The van der Waals surface area contributed by atoms with E-state index in [4.69, 9.17) is 5.73 Å². The molecule has 1 fully saturated rings. The van der Waals surface area contributed by atoms with Crippen molar-refractivity contribution in [2.45, 2.75) is 51.6 Å². The van der Waals surface area contributed by atoms with E-state index in [-0.39, 0.29) is 0 Å². The first kappa shape index (κ1) is 10.0. The minimum absolute atomic E-state index is 0.323. The highest BCUT2D eigenvalue weighted by Gasteiger charge is 2.30. The third-order valence-corrected chi connectivity index (χ3v) is 3.13. The number of hydrogen-bond donors (Lipinski definition) is 2. The maximum Gasteiger partial charge on any atom is 0.0156 e. The molecule has 2 heteroatoms. The van der Waals surface area contributed by atoms with Crippen molar-refractivity contribution in [3.8, 4) is 0 Å². The molecule has 1 aliphatic heterocycles. The zero-order valence-corrected chi connectivity index (χ0v) is 8.56. The molecule has 0 aromatic heterocycles. The van der Waals surface area contributed by atoms with E-state index in [2.05, 4.69) is 26.1 Å². The molecular formula is C10H22N2. The van der Waals surface area contributed by atoms with Gasteiger partial charge in [-0.2, -0.15) is 0 Å². The van der Waals surface area contributed by atoms with Crippen molar-refractivity contribution < 1.29 is 0 Å². The molecule has 0 saturated carbocycles. The fraction of sp³-hybridized carbons (Fsp3) is 1.00. The van der Waals surface area contributed by atoms with E-state index in [1.807, 2.05) is 0 Å². The Kier molecular flexibility index (Phi) is 3.13. The highest BCUT2D eigenvalue weighted by molar-refractivity contribution is 4.90. The lowest BCUT2D eigenvalue weighted by molar-refractivity contribution is 0.297. The topological polar surface area (TPSA) is 38.0 Å². The molecule has 1 aliphatic rings. The summed E-state index contributed by atoms with van der Waals surface area (Å²) in [5, 5.41) is 3.56. The molecule has 0 radical (unpaired) electrons.